The van der Waals surface area contributed by atoms with Gasteiger partial charge in [-0.15, -0.1) is 0 Å². The predicted octanol–water partition coefficient (Wildman–Crippen LogP) is 3.47. The van der Waals surface area contributed by atoms with Gasteiger partial charge in [0.05, 0.1) is 17.6 Å². The molecule has 0 spiro atoms. The fourth-order valence-corrected chi connectivity index (χ4v) is 3.66. The van der Waals surface area contributed by atoms with Gasteiger partial charge in [0.2, 0.25) is 0 Å². The predicted molar refractivity (Wildman–Crippen MR) is 114 cm³/mol. The second kappa shape index (κ2) is 10.2. The van der Waals surface area contributed by atoms with Crippen LogP contribution in [0.5, 0.6) is 11.5 Å². The Morgan fingerprint density at radius 2 is 2.03 bits per heavy atom. The first-order chi connectivity index (χ1) is 15.3. The van der Waals surface area contributed by atoms with Crippen LogP contribution in [-0.2, 0) is 4.79 Å². The number of ether oxygens (including phenoxy) is 2. The molecule has 0 unspecified atom stereocenters. The number of amides is 3. The third-order valence-corrected chi connectivity index (χ3v) is 5.28. The van der Waals surface area contributed by atoms with Crippen LogP contribution in [0.15, 0.2) is 41.4 Å². The molecule has 1 aromatic heterocycles. The molecule has 1 aliphatic rings. The summed E-state index contributed by atoms with van der Waals surface area (Å²) < 4.78 is 34.3. The van der Waals surface area contributed by atoms with E-state index in [0.717, 1.165) is 22.4 Å². The minimum atomic E-state index is -3.01. The number of hydrogen-bond donors (Lipinski definition) is 1. The number of nitrogens with zero attached hydrogens (tertiary/aromatic N) is 2. The Balaban J connectivity index is 1.63. The van der Waals surface area contributed by atoms with Crippen LogP contribution >= 0.6 is 11.8 Å². The summed E-state index contributed by atoms with van der Waals surface area (Å²) in [7, 11) is 1.30. The van der Waals surface area contributed by atoms with E-state index in [-0.39, 0.29) is 35.4 Å². The Labute approximate surface area is 186 Å². The van der Waals surface area contributed by atoms with Crippen molar-refractivity contribution in [3.63, 3.8) is 0 Å². The Morgan fingerprint density at radius 1 is 1.25 bits per heavy atom. The number of methoxy groups -OCH3 is 1. The van der Waals surface area contributed by atoms with Crippen LogP contribution in [-0.4, -0.2) is 53.7 Å². The molecule has 1 saturated heterocycles. The number of aryl methyl sites for hydroxylation is 1. The van der Waals surface area contributed by atoms with E-state index in [0.29, 0.717) is 11.1 Å². The van der Waals surface area contributed by atoms with E-state index in [4.69, 9.17) is 4.74 Å². The van der Waals surface area contributed by atoms with Crippen molar-refractivity contribution in [3.8, 4) is 11.5 Å². The van der Waals surface area contributed by atoms with Crippen LogP contribution in [0.4, 0.5) is 13.6 Å². The Morgan fingerprint density at radius 3 is 2.69 bits per heavy atom. The molecule has 0 bridgehead atoms. The molecule has 0 radical (unpaired) electrons. The zero-order valence-electron chi connectivity index (χ0n) is 17.1. The van der Waals surface area contributed by atoms with Crippen molar-refractivity contribution in [1.82, 2.24) is 15.2 Å². The molecule has 1 aliphatic heterocycles. The molecule has 8 nitrogen and oxygen atoms in total. The van der Waals surface area contributed by atoms with Crippen molar-refractivity contribution < 1.29 is 32.6 Å². The first-order valence-electron chi connectivity index (χ1n) is 9.37. The molecule has 3 amide bonds. The molecule has 0 atom stereocenters. The molecular weight excluding hydrogens is 444 g/mol. The quantitative estimate of drug-likeness (QED) is 0.599. The summed E-state index contributed by atoms with van der Waals surface area (Å²) >= 11 is 0.746. The second-order valence-electron chi connectivity index (χ2n) is 6.57. The normalized spacial score (nSPS) is 14.9. The van der Waals surface area contributed by atoms with Gasteiger partial charge in [-0.1, -0.05) is 6.07 Å². The lowest BCUT2D eigenvalue weighted by molar-refractivity contribution is -0.122. The molecule has 0 saturated carbocycles. The van der Waals surface area contributed by atoms with E-state index in [1.807, 2.05) is 0 Å². The number of benzene rings is 1. The third kappa shape index (κ3) is 5.61. The van der Waals surface area contributed by atoms with E-state index in [2.05, 4.69) is 15.0 Å². The standard InChI is InChI=1S/C21H19F2N3O5S/c1-12-3-5-14(11-25-12)18(27)24-7-8-26-19(28)17(32-21(26)29)10-13-4-6-15(31-20(22)23)16(9-13)30-2/h3-6,9-11,20H,7-8H2,1-2H3,(H,24,27)/b17-10-. The maximum Gasteiger partial charge on any atom is 0.387 e. The number of carbonyl (C=O) groups is 3. The van der Waals surface area contributed by atoms with Gasteiger partial charge in [-0.2, -0.15) is 8.78 Å². The van der Waals surface area contributed by atoms with E-state index in [1.165, 1.54) is 37.6 Å². The van der Waals surface area contributed by atoms with Crippen LogP contribution in [0.3, 0.4) is 0 Å². The average molecular weight is 463 g/mol. The van der Waals surface area contributed by atoms with Gasteiger partial charge in [0.1, 0.15) is 0 Å². The summed E-state index contributed by atoms with van der Waals surface area (Å²) in [6.07, 6.45) is 2.90. The number of halogens is 2. The van der Waals surface area contributed by atoms with Gasteiger partial charge >= 0.3 is 6.61 Å². The SMILES string of the molecule is COc1cc(/C=C2\SC(=O)N(CCNC(=O)c3ccc(C)nc3)C2=O)ccc1OC(F)F. The number of aromatic nitrogens is 1. The highest BCUT2D eigenvalue weighted by Gasteiger charge is 2.34. The molecule has 1 aromatic carbocycles. The van der Waals surface area contributed by atoms with Crippen LogP contribution in [0.2, 0.25) is 0 Å². The second-order valence-corrected chi connectivity index (χ2v) is 7.56. The first kappa shape index (κ1) is 23.2. The summed E-state index contributed by atoms with van der Waals surface area (Å²) in [4.78, 5) is 42.2. The fraction of sp³-hybridized carbons (Fsp3) is 0.238. The van der Waals surface area contributed by atoms with Crippen LogP contribution in [0, 0.1) is 6.92 Å². The monoisotopic (exact) mass is 463 g/mol. The lowest BCUT2D eigenvalue weighted by atomic mass is 10.2. The highest BCUT2D eigenvalue weighted by Crippen LogP contribution is 2.34. The number of thioether (sulfide) groups is 1. The van der Waals surface area contributed by atoms with Crippen LogP contribution in [0.25, 0.3) is 6.08 Å². The van der Waals surface area contributed by atoms with Crippen molar-refractivity contribution >= 4 is 34.9 Å². The summed E-state index contributed by atoms with van der Waals surface area (Å²) in [5.74, 6) is -0.963. The summed E-state index contributed by atoms with van der Waals surface area (Å²) in [6.45, 7) is -1.13. The topological polar surface area (TPSA) is 97.8 Å². The molecule has 2 heterocycles. The molecule has 1 fully saturated rings. The first-order valence-corrected chi connectivity index (χ1v) is 10.2. The number of hydrogen-bond acceptors (Lipinski definition) is 7. The number of pyridine rings is 1. The number of nitrogens with one attached hydrogen (secondary N) is 1. The number of carbonyl (C=O) groups excluding carboxylic acids is 3. The minimum absolute atomic E-state index is 0.00246. The van der Waals surface area contributed by atoms with E-state index in [1.54, 1.807) is 19.1 Å². The summed E-state index contributed by atoms with van der Waals surface area (Å²) in [6, 6.07) is 7.51. The highest BCUT2D eigenvalue weighted by atomic mass is 32.2. The lowest BCUT2D eigenvalue weighted by Gasteiger charge is -2.13. The van der Waals surface area contributed by atoms with Crippen molar-refractivity contribution in [1.29, 1.82) is 0 Å². The largest absolute Gasteiger partial charge is 0.493 e. The number of alkyl halides is 2. The van der Waals surface area contributed by atoms with Gasteiger partial charge in [-0.3, -0.25) is 24.3 Å². The number of rotatable bonds is 8. The Bertz CT molecular complexity index is 1060. The van der Waals surface area contributed by atoms with E-state index >= 15 is 0 Å². The van der Waals surface area contributed by atoms with Gasteiger partial charge in [-0.05, 0) is 54.6 Å². The molecule has 11 heteroatoms. The van der Waals surface area contributed by atoms with Gasteiger partial charge < -0.3 is 14.8 Å². The van der Waals surface area contributed by atoms with Crippen LogP contribution in [0.1, 0.15) is 21.6 Å². The summed E-state index contributed by atoms with van der Waals surface area (Å²) in [5, 5.41) is 2.17. The van der Waals surface area contributed by atoms with Crippen molar-refractivity contribution in [2.45, 2.75) is 13.5 Å². The third-order valence-electron chi connectivity index (χ3n) is 4.37. The van der Waals surface area contributed by atoms with E-state index in [9.17, 15) is 23.2 Å². The molecule has 168 valence electrons. The van der Waals surface area contributed by atoms with Gasteiger partial charge in [0, 0.05) is 25.0 Å². The number of imide groups is 1. The fourth-order valence-electron chi connectivity index (χ4n) is 2.80. The van der Waals surface area contributed by atoms with Crippen molar-refractivity contribution in [2.75, 3.05) is 20.2 Å². The van der Waals surface area contributed by atoms with Gasteiger partial charge in [0.25, 0.3) is 17.1 Å². The lowest BCUT2D eigenvalue weighted by Crippen LogP contribution is -2.37. The zero-order chi connectivity index (χ0) is 23.3. The van der Waals surface area contributed by atoms with E-state index < -0.39 is 17.8 Å². The Hall–Kier alpha value is -3.47. The van der Waals surface area contributed by atoms with Crippen molar-refractivity contribution in [2.24, 2.45) is 0 Å². The summed E-state index contributed by atoms with van der Waals surface area (Å²) in [5.41, 5.74) is 1.62. The maximum absolute atomic E-state index is 12.6. The molecular formula is C21H19F2N3O5S. The van der Waals surface area contributed by atoms with Gasteiger partial charge in [0.15, 0.2) is 11.5 Å². The van der Waals surface area contributed by atoms with Crippen molar-refractivity contribution in [3.05, 3.63) is 58.3 Å². The zero-order valence-corrected chi connectivity index (χ0v) is 17.9. The molecule has 1 N–H and O–H groups in total. The molecule has 32 heavy (non-hydrogen) atoms. The van der Waals surface area contributed by atoms with Crippen LogP contribution < -0.4 is 14.8 Å². The average Bonchev–Trinajstić information content (AvgIpc) is 3.02. The minimum Gasteiger partial charge on any atom is -0.493 e. The molecule has 2 aromatic rings. The molecule has 3 rings (SSSR count). The maximum atomic E-state index is 12.6. The highest BCUT2D eigenvalue weighted by molar-refractivity contribution is 8.18. The Kier molecular flexibility index (Phi) is 7.41. The molecule has 0 aliphatic carbocycles. The smallest absolute Gasteiger partial charge is 0.387 e. The van der Waals surface area contributed by atoms with Gasteiger partial charge in [-0.25, -0.2) is 0 Å².